The molecule has 1 amide bonds. The third-order valence-corrected chi connectivity index (χ3v) is 4.25. The Labute approximate surface area is 121 Å². The summed E-state index contributed by atoms with van der Waals surface area (Å²) in [7, 11) is 0. The van der Waals surface area contributed by atoms with Gasteiger partial charge in [-0.1, -0.05) is 27.7 Å². The summed E-state index contributed by atoms with van der Waals surface area (Å²) >= 11 is 0. The predicted octanol–water partition coefficient (Wildman–Crippen LogP) is 3.25. The molecule has 2 rings (SSSR count). The van der Waals surface area contributed by atoms with Crippen molar-refractivity contribution in [2.45, 2.75) is 40.5 Å². The van der Waals surface area contributed by atoms with Crippen molar-refractivity contribution in [3.63, 3.8) is 0 Å². The predicted molar refractivity (Wildman–Crippen MR) is 84.9 cm³/mol. The van der Waals surface area contributed by atoms with Gasteiger partial charge in [-0.05, 0) is 35.4 Å². The lowest BCUT2D eigenvalue weighted by atomic mass is 9.82. The Morgan fingerprint density at radius 2 is 2.05 bits per heavy atom. The van der Waals surface area contributed by atoms with Gasteiger partial charge in [-0.2, -0.15) is 0 Å². The van der Waals surface area contributed by atoms with Crippen LogP contribution >= 0.6 is 0 Å². The molecule has 0 fully saturated rings. The van der Waals surface area contributed by atoms with E-state index in [9.17, 15) is 4.79 Å². The van der Waals surface area contributed by atoms with E-state index >= 15 is 0 Å². The number of amides is 1. The highest BCUT2D eigenvalue weighted by Crippen LogP contribution is 2.32. The van der Waals surface area contributed by atoms with Crippen molar-refractivity contribution in [3.8, 4) is 0 Å². The third-order valence-electron chi connectivity index (χ3n) is 4.25. The number of nitrogens with one attached hydrogen (secondary N) is 2. The van der Waals surface area contributed by atoms with Crippen molar-refractivity contribution in [1.82, 2.24) is 0 Å². The van der Waals surface area contributed by atoms with E-state index in [1.54, 1.807) is 0 Å². The van der Waals surface area contributed by atoms with Crippen LogP contribution < -0.4 is 16.4 Å². The molecule has 4 nitrogen and oxygen atoms in total. The average Bonchev–Trinajstić information content (AvgIpc) is 2.35. The number of fused-ring (bicyclic) bond motifs is 1. The molecule has 1 aliphatic rings. The summed E-state index contributed by atoms with van der Waals surface area (Å²) in [6.45, 7) is 9.78. The second kappa shape index (κ2) is 5.35. The molecule has 1 aromatic carbocycles. The Bertz CT molecular complexity index is 517. The lowest BCUT2D eigenvalue weighted by Gasteiger charge is -2.28. The quantitative estimate of drug-likeness (QED) is 0.742. The van der Waals surface area contributed by atoms with Crippen LogP contribution in [0.3, 0.4) is 0 Å². The minimum absolute atomic E-state index is 0.0799. The first-order valence-corrected chi connectivity index (χ1v) is 7.23. The minimum Gasteiger partial charge on any atom is -0.397 e. The zero-order chi connectivity index (χ0) is 14.9. The summed E-state index contributed by atoms with van der Waals surface area (Å²) in [5, 5.41) is 6.32. The van der Waals surface area contributed by atoms with E-state index in [0.717, 1.165) is 35.6 Å². The standard InChI is InChI=1S/C16H25N3O/c1-10(16(2,3)4)9-18-14-8-13-11(7-12(14)17)5-6-15(20)19-13/h7-8,10,18H,5-6,9,17H2,1-4H3,(H,19,20). The van der Waals surface area contributed by atoms with Gasteiger partial charge in [-0.3, -0.25) is 4.79 Å². The molecule has 1 unspecified atom stereocenters. The summed E-state index contributed by atoms with van der Waals surface area (Å²) < 4.78 is 0. The molecule has 1 aliphatic heterocycles. The molecule has 0 aliphatic carbocycles. The highest BCUT2D eigenvalue weighted by molar-refractivity contribution is 5.95. The molecule has 0 saturated heterocycles. The zero-order valence-corrected chi connectivity index (χ0v) is 12.8. The van der Waals surface area contributed by atoms with Gasteiger partial charge in [-0.25, -0.2) is 0 Å². The molecule has 0 aromatic heterocycles. The van der Waals surface area contributed by atoms with Gasteiger partial charge in [-0.15, -0.1) is 0 Å². The van der Waals surface area contributed by atoms with Gasteiger partial charge in [0.25, 0.3) is 0 Å². The van der Waals surface area contributed by atoms with E-state index in [0.29, 0.717) is 12.3 Å². The third kappa shape index (κ3) is 3.24. The largest absolute Gasteiger partial charge is 0.397 e. The molecule has 1 atom stereocenters. The number of carbonyl (C=O) groups is 1. The molecular weight excluding hydrogens is 250 g/mol. The van der Waals surface area contributed by atoms with Gasteiger partial charge in [0, 0.05) is 18.7 Å². The molecule has 4 heteroatoms. The molecule has 4 N–H and O–H groups in total. The fourth-order valence-electron chi connectivity index (χ4n) is 2.17. The maximum absolute atomic E-state index is 11.5. The van der Waals surface area contributed by atoms with E-state index in [1.807, 2.05) is 12.1 Å². The van der Waals surface area contributed by atoms with Crippen molar-refractivity contribution in [1.29, 1.82) is 0 Å². The zero-order valence-electron chi connectivity index (χ0n) is 12.8. The van der Waals surface area contributed by atoms with E-state index in [4.69, 9.17) is 5.73 Å². The van der Waals surface area contributed by atoms with E-state index in [1.165, 1.54) is 0 Å². The average molecular weight is 275 g/mol. The lowest BCUT2D eigenvalue weighted by Crippen LogP contribution is -2.25. The van der Waals surface area contributed by atoms with Crippen LogP contribution in [0.5, 0.6) is 0 Å². The number of hydrogen-bond acceptors (Lipinski definition) is 3. The lowest BCUT2D eigenvalue weighted by molar-refractivity contribution is -0.116. The molecule has 110 valence electrons. The van der Waals surface area contributed by atoms with Crippen molar-refractivity contribution in [3.05, 3.63) is 17.7 Å². The number of aryl methyl sites for hydroxylation is 1. The number of carbonyl (C=O) groups excluding carboxylic acids is 1. The molecule has 1 heterocycles. The summed E-state index contributed by atoms with van der Waals surface area (Å²) in [5.74, 6) is 0.601. The fourth-order valence-corrected chi connectivity index (χ4v) is 2.17. The summed E-state index contributed by atoms with van der Waals surface area (Å²) in [5.41, 5.74) is 10.0. The maximum atomic E-state index is 11.5. The van der Waals surface area contributed by atoms with Crippen molar-refractivity contribution < 1.29 is 4.79 Å². The van der Waals surface area contributed by atoms with Crippen LogP contribution in [0.2, 0.25) is 0 Å². The Morgan fingerprint density at radius 1 is 1.35 bits per heavy atom. The Kier molecular flexibility index (Phi) is 3.93. The van der Waals surface area contributed by atoms with Crippen molar-refractivity contribution in [2.24, 2.45) is 11.3 Å². The number of benzene rings is 1. The van der Waals surface area contributed by atoms with Crippen LogP contribution in [0.4, 0.5) is 17.1 Å². The molecule has 0 radical (unpaired) electrons. The number of nitrogen functional groups attached to an aromatic ring is 1. The number of anilines is 3. The molecule has 1 aromatic rings. The van der Waals surface area contributed by atoms with Gasteiger partial charge in [0.05, 0.1) is 11.4 Å². The molecule has 0 saturated carbocycles. The highest BCUT2D eigenvalue weighted by atomic mass is 16.1. The van der Waals surface area contributed by atoms with Gasteiger partial charge in [0.1, 0.15) is 0 Å². The number of rotatable bonds is 3. The van der Waals surface area contributed by atoms with Gasteiger partial charge < -0.3 is 16.4 Å². The van der Waals surface area contributed by atoms with E-state index in [-0.39, 0.29) is 11.3 Å². The van der Waals surface area contributed by atoms with Crippen molar-refractivity contribution >= 4 is 23.0 Å². The number of nitrogens with two attached hydrogens (primary N) is 1. The monoisotopic (exact) mass is 275 g/mol. The van der Waals surface area contributed by atoms with Crippen LogP contribution in [0, 0.1) is 11.3 Å². The SMILES string of the molecule is CC(CNc1cc2c(cc1N)CCC(=O)N2)C(C)(C)C. The molecule has 0 bridgehead atoms. The van der Waals surface area contributed by atoms with Crippen LogP contribution in [0.1, 0.15) is 39.7 Å². The first kappa shape index (κ1) is 14.7. The van der Waals surface area contributed by atoms with Crippen LogP contribution in [-0.4, -0.2) is 12.5 Å². The van der Waals surface area contributed by atoms with Crippen LogP contribution in [-0.2, 0) is 11.2 Å². The highest BCUT2D eigenvalue weighted by Gasteiger charge is 2.21. The van der Waals surface area contributed by atoms with Crippen LogP contribution in [0.25, 0.3) is 0 Å². The summed E-state index contributed by atoms with van der Waals surface area (Å²) in [6.07, 6.45) is 1.31. The molecule has 20 heavy (non-hydrogen) atoms. The Hall–Kier alpha value is -1.71. The minimum atomic E-state index is 0.0799. The normalized spacial score (nSPS) is 16.3. The second-order valence-corrected chi connectivity index (χ2v) is 6.79. The van der Waals surface area contributed by atoms with E-state index in [2.05, 4.69) is 38.3 Å². The topological polar surface area (TPSA) is 67.1 Å². The fraction of sp³-hybridized carbons (Fsp3) is 0.562. The molecule has 0 spiro atoms. The van der Waals surface area contributed by atoms with Gasteiger partial charge in [0.15, 0.2) is 0 Å². The van der Waals surface area contributed by atoms with Gasteiger partial charge >= 0.3 is 0 Å². The summed E-state index contributed by atoms with van der Waals surface area (Å²) in [6, 6.07) is 3.93. The first-order chi connectivity index (χ1) is 9.27. The Balaban J connectivity index is 2.13. The summed E-state index contributed by atoms with van der Waals surface area (Å²) in [4.78, 5) is 11.5. The van der Waals surface area contributed by atoms with Crippen LogP contribution in [0.15, 0.2) is 12.1 Å². The number of hydrogen-bond donors (Lipinski definition) is 3. The van der Waals surface area contributed by atoms with Crippen molar-refractivity contribution in [2.75, 3.05) is 22.9 Å². The second-order valence-electron chi connectivity index (χ2n) is 6.79. The smallest absolute Gasteiger partial charge is 0.224 e. The molecular formula is C16H25N3O. The Morgan fingerprint density at radius 3 is 2.70 bits per heavy atom. The maximum Gasteiger partial charge on any atom is 0.224 e. The van der Waals surface area contributed by atoms with E-state index < -0.39 is 0 Å². The first-order valence-electron chi connectivity index (χ1n) is 7.23. The van der Waals surface area contributed by atoms with Gasteiger partial charge in [0.2, 0.25) is 5.91 Å².